The standard InChI is InChI=1S/C22H17FN2O2/c1-2-27-22(26)12-9-16-13-20(15-7-10-17(23)11-8-15)25-19-6-4-3-5-18(19)24-14-21(16)25/h3-14H,2H2,1H3/b12-9+. The zero-order chi connectivity index (χ0) is 18.8. The number of halogens is 1. The number of carbonyl (C=O) groups is 1. The smallest absolute Gasteiger partial charge is 0.330 e. The first-order chi connectivity index (χ1) is 13.2. The molecule has 0 atom stereocenters. The van der Waals surface area contributed by atoms with E-state index in [1.165, 1.54) is 18.2 Å². The molecule has 4 rings (SSSR count). The molecule has 2 heterocycles. The van der Waals surface area contributed by atoms with Gasteiger partial charge in [0, 0.05) is 11.6 Å². The van der Waals surface area contributed by atoms with Crippen LogP contribution >= 0.6 is 0 Å². The van der Waals surface area contributed by atoms with Gasteiger partial charge >= 0.3 is 5.97 Å². The third-order valence-corrected chi connectivity index (χ3v) is 4.34. The van der Waals surface area contributed by atoms with Crippen LogP contribution in [0.25, 0.3) is 33.9 Å². The molecule has 0 radical (unpaired) electrons. The van der Waals surface area contributed by atoms with E-state index >= 15 is 0 Å². The Hall–Kier alpha value is -3.47. The van der Waals surface area contributed by atoms with Crippen LogP contribution < -0.4 is 0 Å². The van der Waals surface area contributed by atoms with E-state index in [4.69, 9.17) is 4.74 Å². The summed E-state index contributed by atoms with van der Waals surface area (Å²) < 4.78 is 20.4. The van der Waals surface area contributed by atoms with Gasteiger partial charge in [-0.2, -0.15) is 0 Å². The second-order valence-electron chi connectivity index (χ2n) is 6.04. The van der Waals surface area contributed by atoms with E-state index in [-0.39, 0.29) is 5.82 Å². The Kier molecular flexibility index (Phi) is 4.42. The maximum atomic E-state index is 13.4. The molecule has 0 amide bonds. The van der Waals surface area contributed by atoms with Crippen LogP contribution in [-0.2, 0) is 9.53 Å². The SMILES string of the molecule is CCOC(=O)/C=C/c1cc(-c2ccc(F)cc2)n2c1cnc1ccccc12. The summed E-state index contributed by atoms with van der Waals surface area (Å²) in [5.74, 6) is -0.678. The third kappa shape index (κ3) is 3.19. The molecule has 0 aliphatic rings. The van der Waals surface area contributed by atoms with Gasteiger partial charge in [-0.1, -0.05) is 12.1 Å². The number of esters is 1. The number of para-hydroxylation sites is 2. The van der Waals surface area contributed by atoms with Crippen LogP contribution in [-0.4, -0.2) is 22.0 Å². The van der Waals surface area contributed by atoms with Crippen molar-refractivity contribution >= 4 is 28.6 Å². The van der Waals surface area contributed by atoms with Crippen molar-refractivity contribution in [3.63, 3.8) is 0 Å². The molecule has 0 saturated carbocycles. The largest absolute Gasteiger partial charge is 0.463 e. The summed E-state index contributed by atoms with van der Waals surface area (Å²) in [4.78, 5) is 16.2. The highest BCUT2D eigenvalue weighted by Crippen LogP contribution is 2.30. The molecule has 0 fully saturated rings. The van der Waals surface area contributed by atoms with Crippen molar-refractivity contribution in [3.8, 4) is 11.3 Å². The fourth-order valence-electron chi connectivity index (χ4n) is 3.14. The summed E-state index contributed by atoms with van der Waals surface area (Å²) in [6, 6.07) is 16.1. The van der Waals surface area contributed by atoms with Gasteiger partial charge < -0.3 is 9.14 Å². The van der Waals surface area contributed by atoms with Crippen LogP contribution in [0.15, 0.2) is 66.9 Å². The average Bonchev–Trinajstić information content (AvgIpc) is 3.06. The third-order valence-electron chi connectivity index (χ3n) is 4.34. The fourth-order valence-corrected chi connectivity index (χ4v) is 3.14. The second kappa shape index (κ2) is 7.03. The van der Waals surface area contributed by atoms with Gasteiger partial charge in [0.15, 0.2) is 0 Å². The molecule has 4 aromatic rings. The fraction of sp³-hybridized carbons (Fsp3) is 0.0909. The van der Waals surface area contributed by atoms with Crippen LogP contribution in [0.1, 0.15) is 12.5 Å². The van der Waals surface area contributed by atoms with Crippen molar-refractivity contribution < 1.29 is 13.9 Å². The van der Waals surface area contributed by atoms with Crippen LogP contribution in [0.2, 0.25) is 0 Å². The van der Waals surface area contributed by atoms with Crippen LogP contribution in [0.5, 0.6) is 0 Å². The molecule has 0 saturated heterocycles. The summed E-state index contributed by atoms with van der Waals surface area (Å²) in [7, 11) is 0. The van der Waals surface area contributed by atoms with Gasteiger partial charge in [-0.05, 0) is 61.0 Å². The first-order valence-corrected chi connectivity index (χ1v) is 8.67. The Morgan fingerprint density at radius 3 is 2.70 bits per heavy atom. The molecule has 0 aliphatic carbocycles. The van der Waals surface area contributed by atoms with Crippen LogP contribution in [0.3, 0.4) is 0 Å². The molecule has 0 spiro atoms. The number of carbonyl (C=O) groups excluding carboxylic acids is 1. The van der Waals surface area contributed by atoms with E-state index in [0.717, 1.165) is 33.4 Å². The van der Waals surface area contributed by atoms with Gasteiger partial charge in [-0.15, -0.1) is 0 Å². The van der Waals surface area contributed by atoms with Gasteiger partial charge in [-0.25, -0.2) is 9.18 Å². The summed E-state index contributed by atoms with van der Waals surface area (Å²) in [6.45, 7) is 2.09. The first-order valence-electron chi connectivity index (χ1n) is 8.67. The Balaban J connectivity index is 1.96. The van der Waals surface area contributed by atoms with Crippen molar-refractivity contribution in [2.75, 3.05) is 6.61 Å². The number of hydrogen-bond donors (Lipinski definition) is 0. The van der Waals surface area contributed by atoms with Gasteiger partial charge in [0.2, 0.25) is 0 Å². The molecule has 2 aromatic carbocycles. The molecular weight excluding hydrogens is 343 g/mol. The lowest BCUT2D eigenvalue weighted by Gasteiger charge is -2.07. The van der Waals surface area contributed by atoms with E-state index in [9.17, 15) is 9.18 Å². The van der Waals surface area contributed by atoms with Crippen molar-refractivity contribution in [1.82, 2.24) is 9.38 Å². The highest BCUT2D eigenvalue weighted by molar-refractivity contribution is 5.92. The normalized spacial score (nSPS) is 11.5. The zero-order valence-electron chi connectivity index (χ0n) is 14.7. The summed E-state index contributed by atoms with van der Waals surface area (Å²) in [6.07, 6.45) is 4.90. The minimum Gasteiger partial charge on any atom is -0.463 e. The predicted molar refractivity (Wildman–Crippen MR) is 104 cm³/mol. The molecule has 0 N–H and O–H groups in total. The molecular formula is C22H17FN2O2. The molecule has 0 unspecified atom stereocenters. The van der Waals surface area contributed by atoms with Gasteiger partial charge in [-0.3, -0.25) is 4.98 Å². The Bertz CT molecular complexity index is 1160. The minimum atomic E-state index is -0.395. The lowest BCUT2D eigenvalue weighted by Crippen LogP contribution is -1.98. The molecule has 4 nitrogen and oxygen atoms in total. The number of nitrogens with zero attached hydrogens (tertiary/aromatic N) is 2. The Morgan fingerprint density at radius 1 is 1.15 bits per heavy atom. The highest BCUT2D eigenvalue weighted by Gasteiger charge is 2.13. The van der Waals surface area contributed by atoms with Crippen molar-refractivity contribution in [3.05, 3.63) is 78.3 Å². The quantitative estimate of drug-likeness (QED) is 0.385. The Labute approximate surface area is 155 Å². The van der Waals surface area contributed by atoms with E-state index in [1.807, 2.05) is 30.3 Å². The van der Waals surface area contributed by atoms with Crippen LogP contribution in [0, 0.1) is 5.82 Å². The first kappa shape index (κ1) is 17.0. The molecule has 134 valence electrons. The lowest BCUT2D eigenvalue weighted by molar-refractivity contribution is -0.137. The number of rotatable bonds is 4. The number of aromatic nitrogens is 2. The summed E-state index contributed by atoms with van der Waals surface area (Å²) in [5, 5.41) is 0. The molecule has 0 bridgehead atoms. The van der Waals surface area contributed by atoms with Crippen molar-refractivity contribution in [1.29, 1.82) is 0 Å². The van der Waals surface area contributed by atoms with E-state index in [2.05, 4.69) is 9.38 Å². The average molecular weight is 360 g/mol. The number of benzene rings is 2. The number of ether oxygens (including phenoxy) is 1. The highest BCUT2D eigenvalue weighted by atomic mass is 19.1. The predicted octanol–water partition coefficient (Wildman–Crippen LogP) is 4.87. The number of fused-ring (bicyclic) bond motifs is 3. The van der Waals surface area contributed by atoms with Gasteiger partial charge in [0.05, 0.1) is 35.0 Å². The summed E-state index contributed by atoms with van der Waals surface area (Å²) in [5.41, 5.74) is 5.25. The van der Waals surface area contributed by atoms with E-state index in [1.54, 1.807) is 31.3 Å². The molecule has 5 heteroatoms. The van der Waals surface area contributed by atoms with Gasteiger partial charge in [0.1, 0.15) is 5.82 Å². The maximum Gasteiger partial charge on any atom is 0.330 e. The Morgan fingerprint density at radius 2 is 1.93 bits per heavy atom. The van der Waals surface area contributed by atoms with Gasteiger partial charge in [0.25, 0.3) is 0 Å². The van der Waals surface area contributed by atoms with E-state index in [0.29, 0.717) is 6.61 Å². The monoisotopic (exact) mass is 360 g/mol. The summed E-state index contributed by atoms with van der Waals surface area (Å²) >= 11 is 0. The lowest BCUT2D eigenvalue weighted by atomic mass is 10.1. The maximum absolute atomic E-state index is 13.4. The zero-order valence-corrected chi connectivity index (χ0v) is 14.7. The minimum absolute atomic E-state index is 0.284. The molecule has 27 heavy (non-hydrogen) atoms. The molecule has 2 aromatic heterocycles. The van der Waals surface area contributed by atoms with Crippen molar-refractivity contribution in [2.45, 2.75) is 6.92 Å². The number of hydrogen-bond acceptors (Lipinski definition) is 3. The van der Waals surface area contributed by atoms with E-state index < -0.39 is 5.97 Å². The van der Waals surface area contributed by atoms with Crippen LogP contribution in [0.4, 0.5) is 4.39 Å². The topological polar surface area (TPSA) is 43.6 Å². The molecule has 0 aliphatic heterocycles. The van der Waals surface area contributed by atoms with Crippen molar-refractivity contribution in [2.24, 2.45) is 0 Å². The second-order valence-corrected chi connectivity index (χ2v) is 6.04.